The summed E-state index contributed by atoms with van der Waals surface area (Å²) in [5.74, 6) is 0.0428. The van der Waals surface area contributed by atoms with Crippen molar-refractivity contribution in [3.63, 3.8) is 0 Å². The van der Waals surface area contributed by atoms with Gasteiger partial charge in [0.2, 0.25) is 5.91 Å². The molecule has 0 bridgehead atoms. The lowest BCUT2D eigenvalue weighted by Crippen LogP contribution is -2.10. The molecule has 2 aromatic carbocycles. The molecule has 0 radical (unpaired) electrons. The number of aromatic nitrogens is 1. The van der Waals surface area contributed by atoms with Gasteiger partial charge >= 0.3 is 0 Å². The first-order chi connectivity index (χ1) is 10.8. The average Bonchev–Trinajstić information content (AvgIpc) is 3.01. The Kier molecular flexibility index (Phi) is 4.49. The first-order valence-corrected chi connectivity index (χ1v) is 8.39. The van der Waals surface area contributed by atoms with Gasteiger partial charge in [-0.2, -0.15) is 0 Å². The number of unbranched alkanes of at least 4 members (excludes halogenated alkanes) is 1. The smallest absolute Gasteiger partial charge is 0.226 e. The fourth-order valence-electron chi connectivity index (χ4n) is 2.33. The molecule has 3 rings (SSSR count). The maximum Gasteiger partial charge on any atom is 0.226 e. The Morgan fingerprint density at radius 1 is 1.18 bits per heavy atom. The third-order valence-corrected chi connectivity index (χ3v) is 4.31. The van der Waals surface area contributed by atoms with Gasteiger partial charge in [-0.15, -0.1) is 11.3 Å². The number of nitrogens with zero attached hydrogens (tertiary/aromatic N) is 1. The van der Waals surface area contributed by atoms with Gasteiger partial charge in [0.1, 0.15) is 0 Å². The number of carbonyl (C=O) groups excluding carboxylic acids is 1. The Bertz CT molecular complexity index is 794. The van der Waals surface area contributed by atoms with Gasteiger partial charge in [0.25, 0.3) is 0 Å². The van der Waals surface area contributed by atoms with Gasteiger partial charge in [0.15, 0.2) is 5.13 Å². The number of hydrogen-bond donors (Lipinski definition) is 1. The lowest BCUT2D eigenvalue weighted by molar-refractivity contribution is -0.116. The molecule has 0 saturated carbocycles. The summed E-state index contributed by atoms with van der Waals surface area (Å²) in [6.45, 7) is 2.08. The summed E-state index contributed by atoms with van der Waals surface area (Å²) in [6, 6.07) is 14.6. The summed E-state index contributed by atoms with van der Waals surface area (Å²) in [5, 5.41) is 7.94. The van der Waals surface area contributed by atoms with Crippen LogP contribution in [0.3, 0.4) is 0 Å². The highest BCUT2D eigenvalue weighted by molar-refractivity contribution is 7.14. The number of anilines is 1. The van der Waals surface area contributed by atoms with E-state index in [1.807, 2.05) is 17.5 Å². The largest absolute Gasteiger partial charge is 0.302 e. The molecule has 3 nitrogen and oxygen atoms in total. The van der Waals surface area contributed by atoms with Crippen LogP contribution >= 0.6 is 11.3 Å². The minimum atomic E-state index is 0.0428. The maximum atomic E-state index is 11.7. The fourth-order valence-corrected chi connectivity index (χ4v) is 3.07. The molecule has 0 spiro atoms. The second-order valence-corrected chi connectivity index (χ2v) is 6.11. The number of fused-ring (bicyclic) bond motifs is 1. The molecular weight excluding hydrogens is 292 g/mol. The third-order valence-electron chi connectivity index (χ3n) is 3.55. The van der Waals surface area contributed by atoms with Crippen LogP contribution < -0.4 is 5.32 Å². The predicted molar refractivity (Wildman–Crippen MR) is 93.2 cm³/mol. The van der Waals surface area contributed by atoms with E-state index >= 15 is 0 Å². The van der Waals surface area contributed by atoms with Gasteiger partial charge in [0.05, 0.1) is 5.69 Å². The first kappa shape index (κ1) is 14.7. The van der Waals surface area contributed by atoms with Crippen molar-refractivity contribution >= 4 is 33.1 Å². The van der Waals surface area contributed by atoms with E-state index in [1.54, 1.807) is 0 Å². The predicted octanol–water partition coefficient (Wildman–Crippen LogP) is 5.09. The van der Waals surface area contributed by atoms with Crippen LogP contribution in [0.25, 0.3) is 22.0 Å². The molecule has 0 aliphatic carbocycles. The summed E-state index contributed by atoms with van der Waals surface area (Å²) in [4.78, 5) is 16.3. The standard InChI is InChI=1S/C18H18N2OS/c1-2-3-8-17(21)20-18-19-16(12-22-18)15-10-9-13-6-4-5-7-14(13)11-15/h4-7,9-12H,2-3,8H2,1H3,(H,19,20,21). The lowest BCUT2D eigenvalue weighted by atomic mass is 10.1. The van der Waals surface area contributed by atoms with Crippen molar-refractivity contribution in [2.24, 2.45) is 0 Å². The van der Waals surface area contributed by atoms with Gasteiger partial charge in [-0.05, 0) is 23.3 Å². The highest BCUT2D eigenvalue weighted by Gasteiger charge is 2.08. The van der Waals surface area contributed by atoms with Gasteiger partial charge < -0.3 is 5.32 Å². The van der Waals surface area contributed by atoms with Gasteiger partial charge in [-0.1, -0.05) is 49.7 Å². The van der Waals surface area contributed by atoms with Gasteiger partial charge in [0, 0.05) is 17.4 Å². The minimum Gasteiger partial charge on any atom is -0.302 e. The topological polar surface area (TPSA) is 42.0 Å². The van der Waals surface area contributed by atoms with E-state index in [-0.39, 0.29) is 5.91 Å². The molecule has 22 heavy (non-hydrogen) atoms. The Morgan fingerprint density at radius 2 is 2.00 bits per heavy atom. The quantitative estimate of drug-likeness (QED) is 0.713. The Hall–Kier alpha value is -2.20. The molecule has 0 saturated heterocycles. The molecule has 1 N–H and O–H groups in total. The molecule has 1 aromatic heterocycles. The molecular formula is C18H18N2OS. The van der Waals surface area contributed by atoms with Crippen LogP contribution in [0.15, 0.2) is 47.8 Å². The number of benzene rings is 2. The fraction of sp³-hybridized carbons (Fsp3) is 0.222. The van der Waals surface area contributed by atoms with Crippen LogP contribution in [-0.2, 0) is 4.79 Å². The number of amides is 1. The molecule has 1 amide bonds. The monoisotopic (exact) mass is 310 g/mol. The summed E-state index contributed by atoms with van der Waals surface area (Å²) in [5.41, 5.74) is 1.98. The first-order valence-electron chi connectivity index (χ1n) is 7.51. The van der Waals surface area contributed by atoms with E-state index in [9.17, 15) is 4.79 Å². The van der Waals surface area contributed by atoms with Crippen molar-refractivity contribution in [2.45, 2.75) is 26.2 Å². The van der Waals surface area contributed by atoms with Crippen LogP contribution in [0.5, 0.6) is 0 Å². The lowest BCUT2D eigenvalue weighted by Gasteiger charge is -2.01. The normalized spacial score (nSPS) is 10.8. The number of rotatable bonds is 5. The van der Waals surface area contributed by atoms with Crippen molar-refractivity contribution < 1.29 is 4.79 Å². The van der Waals surface area contributed by atoms with Crippen molar-refractivity contribution in [2.75, 3.05) is 5.32 Å². The summed E-state index contributed by atoms with van der Waals surface area (Å²) in [6.07, 6.45) is 2.49. The van der Waals surface area contributed by atoms with E-state index in [2.05, 4.69) is 47.6 Å². The van der Waals surface area contributed by atoms with Crippen LogP contribution in [0, 0.1) is 0 Å². The highest BCUT2D eigenvalue weighted by atomic mass is 32.1. The highest BCUT2D eigenvalue weighted by Crippen LogP contribution is 2.27. The summed E-state index contributed by atoms with van der Waals surface area (Å²) < 4.78 is 0. The molecule has 0 unspecified atom stereocenters. The molecule has 4 heteroatoms. The zero-order chi connectivity index (χ0) is 15.4. The van der Waals surface area contributed by atoms with E-state index in [0.717, 1.165) is 24.1 Å². The number of nitrogens with one attached hydrogen (secondary N) is 1. The number of thiazole rings is 1. The summed E-state index contributed by atoms with van der Waals surface area (Å²) >= 11 is 1.47. The molecule has 0 fully saturated rings. The van der Waals surface area contributed by atoms with E-state index < -0.39 is 0 Å². The number of carbonyl (C=O) groups is 1. The Balaban J connectivity index is 1.78. The molecule has 1 heterocycles. The van der Waals surface area contributed by atoms with E-state index in [4.69, 9.17) is 0 Å². The summed E-state index contributed by atoms with van der Waals surface area (Å²) in [7, 11) is 0. The molecule has 0 aliphatic heterocycles. The Labute approximate surface area is 134 Å². The van der Waals surface area contributed by atoms with Crippen molar-refractivity contribution in [3.8, 4) is 11.3 Å². The SMILES string of the molecule is CCCCC(=O)Nc1nc(-c2ccc3ccccc3c2)cs1. The van der Waals surface area contributed by atoms with Crippen molar-refractivity contribution in [3.05, 3.63) is 47.8 Å². The van der Waals surface area contributed by atoms with Crippen LogP contribution in [0.1, 0.15) is 26.2 Å². The maximum absolute atomic E-state index is 11.7. The molecule has 3 aromatic rings. The number of hydrogen-bond acceptors (Lipinski definition) is 3. The van der Waals surface area contributed by atoms with Crippen LogP contribution in [0.4, 0.5) is 5.13 Å². The van der Waals surface area contributed by atoms with E-state index in [0.29, 0.717) is 11.6 Å². The minimum absolute atomic E-state index is 0.0428. The van der Waals surface area contributed by atoms with Crippen LogP contribution in [-0.4, -0.2) is 10.9 Å². The van der Waals surface area contributed by atoms with Crippen molar-refractivity contribution in [1.29, 1.82) is 0 Å². The second kappa shape index (κ2) is 6.71. The van der Waals surface area contributed by atoms with Crippen LogP contribution in [0.2, 0.25) is 0 Å². The van der Waals surface area contributed by atoms with Gasteiger partial charge in [-0.3, -0.25) is 4.79 Å². The van der Waals surface area contributed by atoms with Crippen molar-refractivity contribution in [1.82, 2.24) is 4.98 Å². The zero-order valence-electron chi connectivity index (χ0n) is 12.5. The van der Waals surface area contributed by atoms with E-state index in [1.165, 1.54) is 22.1 Å². The third kappa shape index (κ3) is 3.34. The average molecular weight is 310 g/mol. The Morgan fingerprint density at radius 3 is 2.82 bits per heavy atom. The second-order valence-electron chi connectivity index (χ2n) is 5.25. The molecule has 112 valence electrons. The molecule has 0 atom stereocenters. The molecule has 0 aliphatic rings. The zero-order valence-corrected chi connectivity index (χ0v) is 13.3. The van der Waals surface area contributed by atoms with Gasteiger partial charge in [-0.25, -0.2) is 4.98 Å².